The fourth-order valence-electron chi connectivity index (χ4n) is 4.33. The molecule has 7 heteroatoms. The van der Waals surface area contributed by atoms with Crippen LogP contribution in [0.4, 0.5) is 0 Å². The molecule has 28 heavy (non-hydrogen) atoms. The summed E-state index contributed by atoms with van der Waals surface area (Å²) in [4.78, 5) is 30.9. The summed E-state index contributed by atoms with van der Waals surface area (Å²) in [6.07, 6.45) is 2.86. The van der Waals surface area contributed by atoms with E-state index in [-0.39, 0.29) is 11.5 Å². The van der Waals surface area contributed by atoms with Gasteiger partial charge in [0.15, 0.2) is 5.70 Å². The molecule has 4 heterocycles. The van der Waals surface area contributed by atoms with Crippen LogP contribution in [0.25, 0.3) is 0 Å². The predicted molar refractivity (Wildman–Crippen MR) is 105 cm³/mol. The number of halogens is 1. The van der Waals surface area contributed by atoms with E-state index in [9.17, 15) is 9.59 Å². The van der Waals surface area contributed by atoms with Crippen LogP contribution in [-0.2, 0) is 16.1 Å². The summed E-state index contributed by atoms with van der Waals surface area (Å²) in [5.41, 5.74) is 2.15. The zero-order chi connectivity index (χ0) is 19.3. The van der Waals surface area contributed by atoms with Crippen molar-refractivity contribution in [3.8, 4) is 0 Å². The Labute approximate surface area is 166 Å². The molecule has 1 saturated heterocycles. The van der Waals surface area contributed by atoms with Gasteiger partial charge in [-0.25, -0.2) is 9.79 Å². The van der Waals surface area contributed by atoms with Gasteiger partial charge in [-0.05, 0) is 42.7 Å². The lowest BCUT2D eigenvalue weighted by Gasteiger charge is -2.42. The maximum atomic E-state index is 12.3. The first kappa shape index (κ1) is 17.3. The van der Waals surface area contributed by atoms with Gasteiger partial charge in [-0.1, -0.05) is 17.7 Å². The molecule has 0 aliphatic carbocycles. The van der Waals surface area contributed by atoms with E-state index in [4.69, 9.17) is 16.3 Å². The first-order valence-electron chi connectivity index (χ1n) is 9.29. The second kappa shape index (κ2) is 6.63. The quantitative estimate of drug-likeness (QED) is 0.579. The molecule has 0 spiro atoms. The van der Waals surface area contributed by atoms with E-state index in [2.05, 4.69) is 9.89 Å². The van der Waals surface area contributed by atoms with Crippen LogP contribution in [0.2, 0.25) is 5.02 Å². The number of carbonyl (C=O) groups excluding carboxylic acids is 1. The molecule has 6 nitrogen and oxygen atoms in total. The van der Waals surface area contributed by atoms with Crippen LogP contribution in [0.5, 0.6) is 0 Å². The molecule has 2 bridgehead atoms. The number of hydrogen-bond donors (Lipinski definition) is 0. The van der Waals surface area contributed by atoms with Crippen molar-refractivity contribution in [3.05, 3.63) is 81.0 Å². The normalized spacial score (nSPS) is 24.8. The third-order valence-corrected chi connectivity index (χ3v) is 5.78. The Balaban J connectivity index is 1.40. The molecular weight excluding hydrogens is 378 g/mol. The summed E-state index contributed by atoms with van der Waals surface area (Å²) in [5.74, 6) is 0.495. The summed E-state index contributed by atoms with van der Waals surface area (Å²) in [7, 11) is 0. The van der Waals surface area contributed by atoms with Gasteiger partial charge in [-0.3, -0.25) is 4.79 Å². The van der Waals surface area contributed by atoms with Crippen molar-refractivity contribution in [2.24, 2.45) is 10.9 Å². The number of hydrogen-bond acceptors (Lipinski definition) is 5. The highest BCUT2D eigenvalue weighted by atomic mass is 35.5. The highest BCUT2D eigenvalue weighted by molar-refractivity contribution is 6.30. The standard InChI is InChI=1S/C21H18ClN3O3/c22-16-6-4-14(5-7-16)20-23-17(21(27)28-20)12-24-9-13-8-15(11-24)18-2-1-3-19(26)25(18)10-13/h1-7,12-13,15H,8-11H2/b17-12-/t13-,15+/m1/s1. The minimum Gasteiger partial charge on any atom is -0.402 e. The number of ether oxygens (including phenoxy) is 1. The van der Waals surface area contributed by atoms with Crippen LogP contribution in [0.15, 0.2) is 64.1 Å². The molecule has 142 valence electrons. The van der Waals surface area contributed by atoms with Crippen molar-refractivity contribution in [2.75, 3.05) is 13.1 Å². The summed E-state index contributed by atoms with van der Waals surface area (Å²) in [5, 5.41) is 0.615. The Morgan fingerprint density at radius 1 is 1.07 bits per heavy atom. The highest BCUT2D eigenvalue weighted by Gasteiger charge is 2.34. The van der Waals surface area contributed by atoms with Crippen molar-refractivity contribution in [2.45, 2.75) is 18.9 Å². The molecule has 1 aromatic heterocycles. The molecule has 2 atom stereocenters. The van der Waals surface area contributed by atoms with Crippen molar-refractivity contribution in [1.82, 2.24) is 9.47 Å². The van der Waals surface area contributed by atoms with E-state index in [1.54, 1.807) is 36.5 Å². The van der Waals surface area contributed by atoms with Crippen LogP contribution in [0, 0.1) is 5.92 Å². The number of likely N-dealkylation sites (tertiary alicyclic amines) is 1. The molecule has 5 rings (SSSR count). The molecule has 0 unspecified atom stereocenters. The van der Waals surface area contributed by atoms with Gasteiger partial charge >= 0.3 is 5.97 Å². The molecule has 3 aliphatic heterocycles. The average Bonchev–Trinajstić information content (AvgIpc) is 3.04. The number of carbonyl (C=O) groups is 1. The lowest BCUT2D eigenvalue weighted by atomic mass is 9.83. The molecule has 1 fully saturated rings. The Hall–Kier alpha value is -2.86. The molecule has 0 saturated carbocycles. The summed E-state index contributed by atoms with van der Waals surface area (Å²) in [6, 6.07) is 12.5. The lowest BCUT2D eigenvalue weighted by Crippen LogP contribution is -2.45. The SMILES string of the molecule is O=C1OC(c2ccc(Cl)cc2)=N/C1=C\N1C[C@H]2C[C@@H](C1)c1cccc(=O)n1C2. The van der Waals surface area contributed by atoms with Gasteiger partial charge in [0.05, 0.1) is 0 Å². The van der Waals surface area contributed by atoms with Gasteiger partial charge in [0.25, 0.3) is 5.56 Å². The van der Waals surface area contributed by atoms with Gasteiger partial charge in [-0.2, -0.15) is 0 Å². The second-order valence-electron chi connectivity index (χ2n) is 7.48. The first-order valence-corrected chi connectivity index (χ1v) is 9.67. The third-order valence-electron chi connectivity index (χ3n) is 5.52. The zero-order valence-corrected chi connectivity index (χ0v) is 15.8. The van der Waals surface area contributed by atoms with Crippen LogP contribution >= 0.6 is 11.6 Å². The zero-order valence-electron chi connectivity index (χ0n) is 15.0. The monoisotopic (exact) mass is 395 g/mol. The number of aliphatic imine (C=N–C) groups is 1. The number of rotatable bonds is 2. The summed E-state index contributed by atoms with van der Waals surface area (Å²) >= 11 is 5.91. The Bertz CT molecular complexity index is 1070. The number of piperidine rings is 1. The molecule has 1 aromatic carbocycles. The topological polar surface area (TPSA) is 63.9 Å². The first-order chi connectivity index (χ1) is 13.6. The number of nitrogens with zero attached hydrogens (tertiary/aromatic N) is 3. The fourth-order valence-corrected chi connectivity index (χ4v) is 4.45. The van der Waals surface area contributed by atoms with Gasteiger partial charge in [-0.15, -0.1) is 0 Å². The second-order valence-corrected chi connectivity index (χ2v) is 7.92. The molecule has 2 aromatic rings. The fraction of sp³-hybridized carbons (Fsp3) is 0.286. The van der Waals surface area contributed by atoms with Crippen molar-refractivity contribution in [1.29, 1.82) is 0 Å². The van der Waals surface area contributed by atoms with Gasteiger partial charge in [0, 0.05) is 54.1 Å². The van der Waals surface area contributed by atoms with Gasteiger partial charge < -0.3 is 14.2 Å². The van der Waals surface area contributed by atoms with Crippen LogP contribution in [0.1, 0.15) is 23.6 Å². The number of aromatic nitrogens is 1. The largest absolute Gasteiger partial charge is 0.402 e. The maximum Gasteiger partial charge on any atom is 0.365 e. The van der Waals surface area contributed by atoms with Gasteiger partial charge in [0.2, 0.25) is 5.90 Å². The molecule has 0 amide bonds. The van der Waals surface area contributed by atoms with E-state index >= 15 is 0 Å². The van der Waals surface area contributed by atoms with Crippen LogP contribution in [0.3, 0.4) is 0 Å². The predicted octanol–water partition coefficient (Wildman–Crippen LogP) is 2.77. The molecule has 3 aliphatic rings. The molecule has 0 N–H and O–H groups in total. The minimum atomic E-state index is -0.447. The number of esters is 1. The van der Waals surface area contributed by atoms with E-state index in [1.807, 2.05) is 16.7 Å². The van der Waals surface area contributed by atoms with Crippen molar-refractivity contribution >= 4 is 23.5 Å². The van der Waals surface area contributed by atoms with Crippen LogP contribution < -0.4 is 5.56 Å². The Morgan fingerprint density at radius 2 is 1.89 bits per heavy atom. The summed E-state index contributed by atoms with van der Waals surface area (Å²) < 4.78 is 7.23. The minimum absolute atomic E-state index is 0.0654. The number of pyridine rings is 1. The summed E-state index contributed by atoms with van der Waals surface area (Å²) in [6.45, 7) is 2.26. The maximum absolute atomic E-state index is 12.3. The van der Waals surface area contributed by atoms with Crippen LogP contribution in [-0.4, -0.2) is 34.4 Å². The van der Waals surface area contributed by atoms with E-state index < -0.39 is 5.97 Å². The Kier molecular flexibility index (Phi) is 4.09. The lowest BCUT2D eigenvalue weighted by molar-refractivity contribution is -0.130. The number of cyclic esters (lactones) is 1. The van der Waals surface area contributed by atoms with Gasteiger partial charge in [0.1, 0.15) is 0 Å². The van der Waals surface area contributed by atoms with E-state index in [0.29, 0.717) is 28.1 Å². The average molecular weight is 396 g/mol. The smallest absolute Gasteiger partial charge is 0.365 e. The Morgan fingerprint density at radius 3 is 2.71 bits per heavy atom. The number of benzene rings is 1. The number of fused-ring (bicyclic) bond motifs is 4. The molecular formula is C21H18ClN3O3. The van der Waals surface area contributed by atoms with E-state index in [0.717, 1.165) is 31.7 Å². The third kappa shape index (κ3) is 3.03. The van der Waals surface area contributed by atoms with E-state index in [1.165, 1.54) is 0 Å². The van der Waals surface area contributed by atoms with Crippen molar-refractivity contribution in [3.63, 3.8) is 0 Å². The van der Waals surface area contributed by atoms with Crippen molar-refractivity contribution < 1.29 is 9.53 Å². The highest BCUT2D eigenvalue weighted by Crippen LogP contribution is 2.35. The molecule has 0 radical (unpaired) electrons.